The molecule has 0 atom stereocenters. The fourth-order valence-electron chi connectivity index (χ4n) is 0.893. The Bertz CT molecular complexity index is 337. The Kier molecular flexibility index (Phi) is 3.97. The second-order valence-corrected chi connectivity index (χ2v) is 3.62. The second-order valence-electron chi connectivity index (χ2n) is 2.41. The minimum absolute atomic E-state index is 0.0455. The van der Waals surface area contributed by atoms with Gasteiger partial charge in [-0.25, -0.2) is 0 Å². The van der Waals surface area contributed by atoms with Gasteiger partial charge in [0.15, 0.2) is 0 Å². The molecular weight excluding hydrogens is 227 g/mol. The Morgan fingerprint density at radius 3 is 2.69 bits per heavy atom. The van der Waals surface area contributed by atoms with Crippen molar-refractivity contribution in [3.05, 3.63) is 33.8 Å². The van der Waals surface area contributed by atoms with Gasteiger partial charge < -0.3 is 5.11 Å². The lowest BCUT2D eigenvalue weighted by molar-refractivity contribution is 0.474. The summed E-state index contributed by atoms with van der Waals surface area (Å²) in [5, 5.41) is 10.2. The molecule has 13 heavy (non-hydrogen) atoms. The van der Waals surface area contributed by atoms with E-state index >= 15 is 0 Å². The average Bonchev–Trinajstić information content (AvgIpc) is 2.09. The first-order valence-electron chi connectivity index (χ1n) is 3.60. The number of rotatable bonds is 2. The van der Waals surface area contributed by atoms with E-state index in [4.69, 9.17) is 23.2 Å². The van der Waals surface area contributed by atoms with Crippen molar-refractivity contribution in [3.8, 4) is 5.75 Å². The normalized spacial score (nSPS) is 11.0. The van der Waals surface area contributed by atoms with Crippen LogP contribution in [0.1, 0.15) is 5.56 Å². The minimum atomic E-state index is 0.0455. The van der Waals surface area contributed by atoms with Gasteiger partial charge >= 0.3 is 0 Å². The van der Waals surface area contributed by atoms with Crippen LogP contribution in [0.15, 0.2) is 18.2 Å². The Hall–Kier alpha value is -0.310. The number of halogens is 2. The van der Waals surface area contributed by atoms with Crippen LogP contribution in [0, 0.1) is 0 Å². The molecule has 0 fully saturated rings. The number of benzene rings is 1. The van der Waals surface area contributed by atoms with Crippen LogP contribution in [0.4, 0.5) is 0 Å². The average molecular weight is 235 g/mol. The van der Waals surface area contributed by atoms with E-state index in [9.17, 15) is 5.11 Å². The first-order valence-corrected chi connectivity index (χ1v) is 4.99. The molecule has 0 aliphatic heterocycles. The zero-order valence-electron chi connectivity index (χ0n) is 6.67. The van der Waals surface area contributed by atoms with E-state index in [1.54, 1.807) is 18.2 Å². The van der Waals surface area contributed by atoms with Gasteiger partial charge in [0, 0.05) is 16.3 Å². The van der Waals surface area contributed by atoms with Crippen LogP contribution in [-0.4, -0.2) is 10.9 Å². The van der Waals surface area contributed by atoms with Gasteiger partial charge in [-0.2, -0.15) is 12.6 Å². The topological polar surface area (TPSA) is 20.2 Å². The van der Waals surface area contributed by atoms with Crippen molar-refractivity contribution in [2.24, 2.45) is 0 Å². The maximum absolute atomic E-state index is 9.48. The van der Waals surface area contributed by atoms with Crippen LogP contribution < -0.4 is 0 Å². The zero-order valence-corrected chi connectivity index (χ0v) is 9.07. The van der Waals surface area contributed by atoms with Crippen molar-refractivity contribution in [1.82, 2.24) is 0 Å². The minimum Gasteiger partial charge on any atom is -0.506 e. The third-order valence-electron chi connectivity index (χ3n) is 1.46. The third-order valence-corrected chi connectivity index (χ3v) is 2.18. The smallest absolute Gasteiger partial charge is 0.141 e. The van der Waals surface area contributed by atoms with Crippen LogP contribution in [0.2, 0.25) is 10.0 Å². The largest absolute Gasteiger partial charge is 0.506 e. The molecule has 0 unspecified atom stereocenters. The van der Waals surface area contributed by atoms with Crippen LogP contribution >= 0.6 is 35.8 Å². The fraction of sp³-hybridized carbons (Fsp3) is 0.111. The first kappa shape index (κ1) is 10.8. The summed E-state index contributed by atoms with van der Waals surface area (Å²) >= 11 is 15.5. The number of phenols is 1. The van der Waals surface area contributed by atoms with Crippen LogP contribution in [0.25, 0.3) is 6.08 Å². The molecular formula is C9H8Cl2OS. The Labute approximate surface area is 92.4 Å². The predicted molar refractivity (Wildman–Crippen MR) is 61.0 cm³/mol. The highest BCUT2D eigenvalue weighted by molar-refractivity contribution is 7.80. The molecule has 0 bridgehead atoms. The maximum atomic E-state index is 9.48. The highest BCUT2D eigenvalue weighted by atomic mass is 35.5. The van der Waals surface area contributed by atoms with Crippen LogP contribution in [0.5, 0.6) is 5.75 Å². The van der Waals surface area contributed by atoms with E-state index in [2.05, 4.69) is 12.6 Å². The van der Waals surface area contributed by atoms with E-state index in [0.717, 1.165) is 0 Å². The fourth-order valence-corrected chi connectivity index (χ4v) is 1.51. The van der Waals surface area contributed by atoms with Gasteiger partial charge in [-0.1, -0.05) is 35.4 Å². The summed E-state index contributed by atoms with van der Waals surface area (Å²) in [6.45, 7) is 0. The lowest BCUT2D eigenvalue weighted by Gasteiger charge is -2.02. The number of hydrogen-bond acceptors (Lipinski definition) is 2. The van der Waals surface area contributed by atoms with Gasteiger partial charge in [0.2, 0.25) is 0 Å². The summed E-state index contributed by atoms with van der Waals surface area (Å²) in [5.41, 5.74) is 0.603. The summed E-state index contributed by atoms with van der Waals surface area (Å²) < 4.78 is 0. The molecule has 70 valence electrons. The molecule has 1 N–H and O–H groups in total. The quantitative estimate of drug-likeness (QED) is 0.750. The molecule has 0 heterocycles. The summed E-state index contributed by atoms with van der Waals surface area (Å²) in [4.78, 5) is 0. The van der Waals surface area contributed by atoms with E-state index in [1.165, 1.54) is 6.07 Å². The standard InChI is InChI=1S/C9H8Cl2OS/c10-7-4-6(2-1-3-13)9(12)8(11)5-7/h1-2,4-5,12-13H,3H2. The van der Waals surface area contributed by atoms with E-state index in [1.807, 2.05) is 0 Å². The molecule has 4 heteroatoms. The van der Waals surface area contributed by atoms with Crippen molar-refractivity contribution in [2.75, 3.05) is 5.75 Å². The molecule has 0 saturated heterocycles. The van der Waals surface area contributed by atoms with Crippen molar-refractivity contribution in [2.45, 2.75) is 0 Å². The van der Waals surface area contributed by atoms with Crippen molar-refractivity contribution in [1.29, 1.82) is 0 Å². The Balaban J connectivity index is 3.12. The van der Waals surface area contributed by atoms with E-state index in [-0.39, 0.29) is 10.8 Å². The lowest BCUT2D eigenvalue weighted by atomic mass is 10.2. The lowest BCUT2D eigenvalue weighted by Crippen LogP contribution is -1.77. The predicted octanol–water partition coefficient (Wildman–Crippen LogP) is 3.64. The molecule has 1 aromatic carbocycles. The number of thiol groups is 1. The SMILES string of the molecule is Oc1c(Cl)cc(Cl)cc1C=CCS. The summed E-state index contributed by atoms with van der Waals surface area (Å²) in [6.07, 6.45) is 3.52. The second kappa shape index (κ2) is 4.80. The zero-order chi connectivity index (χ0) is 9.84. The maximum Gasteiger partial charge on any atom is 0.141 e. The van der Waals surface area contributed by atoms with Gasteiger partial charge in [-0.05, 0) is 12.1 Å². The molecule has 0 aromatic heterocycles. The highest BCUT2D eigenvalue weighted by Gasteiger charge is 2.04. The van der Waals surface area contributed by atoms with E-state index in [0.29, 0.717) is 16.3 Å². The number of phenolic OH excluding ortho intramolecular Hbond substituents is 1. The molecule has 1 rings (SSSR count). The summed E-state index contributed by atoms with van der Waals surface area (Å²) in [6, 6.07) is 3.14. The molecule has 0 amide bonds. The number of aromatic hydroxyl groups is 1. The third kappa shape index (κ3) is 2.83. The molecule has 0 aliphatic carbocycles. The summed E-state index contributed by atoms with van der Waals surface area (Å²) in [7, 11) is 0. The molecule has 1 nitrogen and oxygen atoms in total. The van der Waals surface area contributed by atoms with Gasteiger partial charge in [0.05, 0.1) is 5.02 Å². The number of hydrogen-bond donors (Lipinski definition) is 2. The Morgan fingerprint density at radius 2 is 2.08 bits per heavy atom. The van der Waals surface area contributed by atoms with Gasteiger partial charge in [-0.3, -0.25) is 0 Å². The van der Waals surface area contributed by atoms with Gasteiger partial charge in [-0.15, -0.1) is 0 Å². The van der Waals surface area contributed by atoms with E-state index < -0.39 is 0 Å². The summed E-state index contributed by atoms with van der Waals surface area (Å²) in [5.74, 6) is 0.646. The van der Waals surface area contributed by atoms with Crippen LogP contribution in [-0.2, 0) is 0 Å². The molecule has 1 aromatic rings. The Morgan fingerprint density at radius 1 is 1.38 bits per heavy atom. The van der Waals surface area contributed by atoms with Gasteiger partial charge in [0.25, 0.3) is 0 Å². The monoisotopic (exact) mass is 234 g/mol. The first-order chi connectivity index (χ1) is 6.15. The van der Waals surface area contributed by atoms with Crippen molar-refractivity contribution in [3.63, 3.8) is 0 Å². The highest BCUT2D eigenvalue weighted by Crippen LogP contribution is 2.31. The van der Waals surface area contributed by atoms with Gasteiger partial charge in [0.1, 0.15) is 5.75 Å². The molecule has 0 radical (unpaired) electrons. The van der Waals surface area contributed by atoms with Crippen molar-refractivity contribution >= 4 is 41.9 Å². The van der Waals surface area contributed by atoms with Crippen molar-refractivity contribution < 1.29 is 5.11 Å². The molecule has 0 saturated carbocycles. The van der Waals surface area contributed by atoms with Crippen LogP contribution in [0.3, 0.4) is 0 Å². The molecule has 0 spiro atoms. The molecule has 0 aliphatic rings.